The van der Waals surface area contributed by atoms with Crippen molar-refractivity contribution in [3.63, 3.8) is 0 Å². The predicted molar refractivity (Wildman–Crippen MR) is 62.6 cm³/mol. The average Bonchev–Trinajstić information content (AvgIpc) is 2.61. The fraction of sp³-hybridized carbons (Fsp3) is 0.333. The molecule has 0 radical (unpaired) electrons. The molecule has 0 saturated carbocycles. The summed E-state index contributed by atoms with van der Waals surface area (Å²) in [5, 5.41) is 3.70. The molecule has 0 bridgehead atoms. The van der Waals surface area contributed by atoms with Gasteiger partial charge in [0.1, 0.15) is 0 Å². The molecule has 0 aliphatic heterocycles. The van der Waals surface area contributed by atoms with E-state index in [1.807, 2.05) is 0 Å². The largest absolute Gasteiger partial charge is 0.381 e. The second kappa shape index (κ2) is 4.53. The Morgan fingerprint density at radius 1 is 1.47 bits per heavy atom. The molecular weight excluding hydrogens is 221 g/mol. The zero-order valence-corrected chi connectivity index (χ0v) is 9.77. The fourth-order valence-electron chi connectivity index (χ4n) is 1.70. The van der Waals surface area contributed by atoms with Crippen molar-refractivity contribution in [1.82, 2.24) is 10.1 Å². The van der Waals surface area contributed by atoms with Crippen molar-refractivity contribution < 1.29 is 8.91 Å². The van der Waals surface area contributed by atoms with Gasteiger partial charge in [-0.15, -0.1) is 0 Å². The predicted octanol–water partition coefficient (Wildman–Crippen LogP) is 2.66. The molecule has 0 unspecified atom stereocenters. The summed E-state index contributed by atoms with van der Waals surface area (Å²) in [6.45, 7) is 4.11. The van der Waals surface area contributed by atoms with Crippen molar-refractivity contribution >= 4 is 5.82 Å². The van der Waals surface area contributed by atoms with Crippen molar-refractivity contribution in [3.05, 3.63) is 29.8 Å². The number of nitrogens with zero attached hydrogens (tertiary/aromatic N) is 2. The topological polar surface area (TPSA) is 64.9 Å². The van der Waals surface area contributed by atoms with Gasteiger partial charge in [-0.05, 0) is 18.4 Å². The molecular formula is C12H14FN3O. The second-order valence-electron chi connectivity index (χ2n) is 4.33. The monoisotopic (exact) mass is 235 g/mol. The number of pyridine rings is 1. The van der Waals surface area contributed by atoms with Gasteiger partial charge >= 0.3 is 0 Å². The summed E-state index contributed by atoms with van der Waals surface area (Å²) in [7, 11) is 0. The lowest BCUT2D eigenvalue weighted by molar-refractivity contribution is 0.431. The number of hydrogen-bond donors (Lipinski definition) is 1. The molecule has 17 heavy (non-hydrogen) atoms. The third-order valence-electron chi connectivity index (χ3n) is 2.45. The van der Waals surface area contributed by atoms with E-state index in [1.165, 1.54) is 6.20 Å². The first kappa shape index (κ1) is 11.6. The first-order valence-corrected chi connectivity index (χ1v) is 5.43. The van der Waals surface area contributed by atoms with E-state index in [-0.39, 0.29) is 0 Å². The molecule has 0 aliphatic rings. The first-order valence-electron chi connectivity index (χ1n) is 5.43. The van der Waals surface area contributed by atoms with E-state index in [4.69, 9.17) is 10.3 Å². The molecule has 0 aromatic carbocycles. The van der Waals surface area contributed by atoms with Crippen LogP contribution in [-0.4, -0.2) is 10.1 Å². The maximum absolute atomic E-state index is 13.6. The molecule has 90 valence electrons. The Morgan fingerprint density at radius 3 is 2.88 bits per heavy atom. The number of nitrogens with two attached hydrogens (primary N) is 1. The molecule has 0 atom stereocenters. The molecule has 2 heterocycles. The Labute approximate surface area is 98.6 Å². The Kier molecular flexibility index (Phi) is 3.08. The van der Waals surface area contributed by atoms with Crippen LogP contribution in [0.15, 0.2) is 23.0 Å². The van der Waals surface area contributed by atoms with Gasteiger partial charge in [-0.25, -0.2) is 4.39 Å². The van der Waals surface area contributed by atoms with E-state index in [2.05, 4.69) is 24.0 Å². The Balaban J connectivity index is 2.49. The van der Waals surface area contributed by atoms with Gasteiger partial charge in [0.15, 0.2) is 17.4 Å². The fourth-order valence-corrected chi connectivity index (χ4v) is 1.70. The summed E-state index contributed by atoms with van der Waals surface area (Å²) >= 11 is 0. The van der Waals surface area contributed by atoms with Gasteiger partial charge in [0.05, 0.1) is 11.8 Å². The van der Waals surface area contributed by atoms with E-state index < -0.39 is 5.82 Å². The summed E-state index contributed by atoms with van der Waals surface area (Å²) in [5.74, 6) is 0.676. The second-order valence-corrected chi connectivity index (χ2v) is 4.33. The SMILES string of the molecule is CC(C)Cc1c(N)noc1-c1ccncc1F. The van der Waals surface area contributed by atoms with Crippen LogP contribution in [0, 0.1) is 11.7 Å². The molecule has 5 heteroatoms. The Hall–Kier alpha value is -1.91. The number of rotatable bonds is 3. The minimum Gasteiger partial charge on any atom is -0.381 e. The zero-order chi connectivity index (χ0) is 12.4. The van der Waals surface area contributed by atoms with Gasteiger partial charge in [0, 0.05) is 11.8 Å². The molecule has 4 nitrogen and oxygen atoms in total. The van der Waals surface area contributed by atoms with Crippen LogP contribution >= 0.6 is 0 Å². The van der Waals surface area contributed by atoms with Crippen molar-refractivity contribution in [1.29, 1.82) is 0 Å². The highest BCUT2D eigenvalue weighted by Gasteiger charge is 2.19. The number of nitrogen functional groups attached to an aromatic ring is 1. The molecule has 0 amide bonds. The summed E-state index contributed by atoms with van der Waals surface area (Å²) < 4.78 is 18.7. The lowest BCUT2D eigenvalue weighted by Gasteiger charge is -2.05. The highest BCUT2D eigenvalue weighted by Crippen LogP contribution is 2.30. The van der Waals surface area contributed by atoms with Gasteiger partial charge in [0.2, 0.25) is 0 Å². The molecule has 2 aromatic heterocycles. The van der Waals surface area contributed by atoms with Crippen LogP contribution in [0.2, 0.25) is 0 Å². The average molecular weight is 235 g/mol. The summed E-state index contributed by atoms with van der Waals surface area (Å²) in [6, 6.07) is 1.55. The minimum absolute atomic E-state index is 0.324. The van der Waals surface area contributed by atoms with Gasteiger partial charge in [-0.2, -0.15) is 0 Å². The highest BCUT2D eigenvalue weighted by molar-refractivity contribution is 5.66. The lowest BCUT2D eigenvalue weighted by atomic mass is 10.00. The van der Waals surface area contributed by atoms with Gasteiger partial charge in [-0.1, -0.05) is 19.0 Å². The van der Waals surface area contributed by atoms with Crippen LogP contribution in [0.3, 0.4) is 0 Å². The van der Waals surface area contributed by atoms with E-state index >= 15 is 0 Å². The van der Waals surface area contributed by atoms with E-state index in [0.29, 0.717) is 29.5 Å². The quantitative estimate of drug-likeness (QED) is 0.888. The van der Waals surface area contributed by atoms with Crippen LogP contribution in [0.1, 0.15) is 19.4 Å². The van der Waals surface area contributed by atoms with E-state index in [9.17, 15) is 4.39 Å². The third-order valence-corrected chi connectivity index (χ3v) is 2.45. The summed E-state index contributed by atoms with van der Waals surface area (Å²) in [4.78, 5) is 3.70. The lowest BCUT2D eigenvalue weighted by Crippen LogP contribution is -1.99. The molecule has 0 saturated heterocycles. The van der Waals surface area contributed by atoms with Crippen LogP contribution in [-0.2, 0) is 6.42 Å². The molecule has 0 aliphatic carbocycles. The van der Waals surface area contributed by atoms with E-state index in [0.717, 1.165) is 11.8 Å². The van der Waals surface area contributed by atoms with Gasteiger partial charge < -0.3 is 10.3 Å². The standard InChI is InChI=1S/C12H14FN3O/c1-7(2)5-9-11(17-16-12(9)14)8-3-4-15-6-10(8)13/h3-4,6-7H,5H2,1-2H3,(H2,14,16). The third kappa shape index (κ3) is 2.27. The number of halogens is 1. The molecule has 2 rings (SSSR count). The normalized spacial score (nSPS) is 11.1. The van der Waals surface area contributed by atoms with E-state index in [1.54, 1.807) is 6.07 Å². The number of aromatic nitrogens is 2. The van der Waals surface area contributed by atoms with Crippen molar-refractivity contribution in [2.75, 3.05) is 5.73 Å². The molecule has 0 spiro atoms. The molecule has 2 N–H and O–H groups in total. The summed E-state index contributed by atoms with van der Waals surface area (Å²) in [6.07, 6.45) is 3.36. The maximum Gasteiger partial charge on any atom is 0.175 e. The van der Waals surface area contributed by atoms with Crippen LogP contribution in [0.25, 0.3) is 11.3 Å². The Morgan fingerprint density at radius 2 is 2.24 bits per heavy atom. The molecule has 2 aromatic rings. The highest BCUT2D eigenvalue weighted by atomic mass is 19.1. The molecule has 0 fully saturated rings. The smallest absolute Gasteiger partial charge is 0.175 e. The number of hydrogen-bond acceptors (Lipinski definition) is 4. The van der Waals surface area contributed by atoms with Crippen molar-refractivity contribution in [2.45, 2.75) is 20.3 Å². The van der Waals surface area contributed by atoms with Gasteiger partial charge in [0.25, 0.3) is 0 Å². The first-order chi connectivity index (χ1) is 8.09. The number of anilines is 1. The Bertz CT molecular complexity index is 522. The zero-order valence-electron chi connectivity index (χ0n) is 9.77. The van der Waals surface area contributed by atoms with Crippen molar-refractivity contribution in [3.8, 4) is 11.3 Å². The van der Waals surface area contributed by atoms with Gasteiger partial charge in [-0.3, -0.25) is 4.98 Å². The minimum atomic E-state index is -0.436. The maximum atomic E-state index is 13.6. The van der Waals surface area contributed by atoms with Crippen LogP contribution in [0.5, 0.6) is 0 Å². The van der Waals surface area contributed by atoms with Crippen LogP contribution in [0.4, 0.5) is 10.2 Å². The summed E-state index contributed by atoms with van der Waals surface area (Å²) in [5.41, 5.74) is 6.84. The van der Waals surface area contributed by atoms with Crippen LogP contribution < -0.4 is 5.73 Å². The van der Waals surface area contributed by atoms with Crippen molar-refractivity contribution in [2.24, 2.45) is 5.92 Å².